The monoisotopic (exact) mass is 238 g/mol. The number of nitrogens with zero attached hydrogens (tertiary/aromatic N) is 1. The lowest BCUT2D eigenvalue weighted by molar-refractivity contribution is -0.131. The Morgan fingerprint density at radius 3 is 2.35 bits per heavy atom. The summed E-state index contributed by atoms with van der Waals surface area (Å²) in [6.07, 6.45) is 5.72. The van der Waals surface area contributed by atoms with Crippen molar-refractivity contribution < 1.29 is 4.79 Å². The molecular formula is C14H26N2O. The normalized spacial score (nSPS) is 35.4. The Morgan fingerprint density at radius 1 is 1.29 bits per heavy atom. The highest BCUT2D eigenvalue weighted by atomic mass is 16.2. The zero-order valence-electron chi connectivity index (χ0n) is 11.6. The lowest BCUT2D eigenvalue weighted by atomic mass is 10.1. The molecule has 0 aromatic carbocycles. The van der Waals surface area contributed by atoms with E-state index >= 15 is 0 Å². The van der Waals surface area contributed by atoms with Gasteiger partial charge in [-0.15, -0.1) is 0 Å². The summed E-state index contributed by atoms with van der Waals surface area (Å²) in [6, 6.07) is 0.550. The largest absolute Gasteiger partial charge is 0.322 e. The molecule has 1 N–H and O–H groups in total. The first-order valence-corrected chi connectivity index (χ1v) is 7.09. The van der Waals surface area contributed by atoms with E-state index in [1.807, 2.05) is 0 Å². The summed E-state index contributed by atoms with van der Waals surface area (Å²) in [5.74, 6) is 0.348. The second kappa shape index (κ2) is 4.60. The molecule has 3 nitrogen and oxygen atoms in total. The molecule has 2 aliphatic rings. The van der Waals surface area contributed by atoms with E-state index in [-0.39, 0.29) is 12.2 Å². The number of hydrogen-bond donors (Lipinski definition) is 1. The highest BCUT2D eigenvalue weighted by molar-refractivity contribution is 5.85. The predicted octanol–water partition coefficient (Wildman–Crippen LogP) is 2.51. The SMILES string of the molecule is CCCC1NC(CCC)N(C2CC2(C)C)C1=O. The van der Waals surface area contributed by atoms with Crippen molar-refractivity contribution in [2.75, 3.05) is 0 Å². The third-order valence-corrected chi connectivity index (χ3v) is 4.22. The summed E-state index contributed by atoms with van der Waals surface area (Å²) in [5.41, 5.74) is 0.338. The Hall–Kier alpha value is -0.570. The highest BCUT2D eigenvalue weighted by Crippen LogP contribution is 2.50. The number of carbonyl (C=O) groups is 1. The first kappa shape index (κ1) is 12.9. The number of nitrogens with one attached hydrogen (secondary N) is 1. The van der Waals surface area contributed by atoms with Gasteiger partial charge in [-0.3, -0.25) is 10.1 Å². The number of carbonyl (C=O) groups excluding carboxylic acids is 1. The summed E-state index contributed by atoms with van der Waals surface area (Å²) >= 11 is 0. The molecule has 0 radical (unpaired) electrons. The standard InChI is InChI=1S/C14H26N2O/c1-5-7-10-13(17)16(11-9-14(11,3)4)12(15-10)8-6-2/h10-12,15H,5-9H2,1-4H3. The van der Waals surface area contributed by atoms with Crippen LogP contribution in [0.4, 0.5) is 0 Å². The third kappa shape index (κ3) is 2.35. The molecule has 17 heavy (non-hydrogen) atoms. The van der Waals surface area contributed by atoms with Gasteiger partial charge in [0.1, 0.15) is 0 Å². The molecular weight excluding hydrogens is 212 g/mol. The molecule has 0 aromatic rings. The first-order valence-electron chi connectivity index (χ1n) is 7.09. The molecule has 2 fully saturated rings. The Morgan fingerprint density at radius 2 is 1.88 bits per heavy atom. The lowest BCUT2D eigenvalue weighted by Crippen LogP contribution is -2.40. The van der Waals surface area contributed by atoms with E-state index < -0.39 is 0 Å². The van der Waals surface area contributed by atoms with Crippen LogP contribution in [0.1, 0.15) is 59.8 Å². The van der Waals surface area contributed by atoms with Gasteiger partial charge < -0.3 is 4.90 Å². The van der Waals surface area contributed by atoms with Crippen molar-refractivity contribution in [3.8, 4) is 0 Å². The van der Waals surface area contributed by atoms with Crippen LogP contribution in [0.15, 0.2) is 0 Å². The topological polar surface area (TPSA) is 32.3 Å². The Labute approximate surface area is 105 Å². The first-order chi connectivity index (χ1) is 8.01. The molecule has 0 spiro atoms. The van der Waals surface area contributed by atoms with Crippen LogP contribution in [-0.4, -0.2) is 29.1 Å². The fourth-order valence-corrected chi connectivity index (χ4v) is 2.99. The molecule has 2 rings (SSSR count). The third-order valence-electron chi connectivity index (χ3n) is 4.22. The number of amides is 1. The van der Waals surface area contributed by atoms with E-state index in [4.69, 9.17) is 0 Å². The molecule has 3 heteroatoms. The van der Waals surface area contributed by atoms with Gasteiger partial charge in [0.05, 0.1) is 12.2 Å². The van der Waals surface area contributed by atoms with Crippen LogP contribution in [0.2, 0.25) is 0 Å². The molecule has 3 atom stereocenters. The second-order valence-corrected chi connectivity index (χ2v) is 6.27. The van der Waals surface area contributed by atoms with Gasteiger partial charge in [-0.1, -0.05) is 40.5 Å². The van der Waals surface area contributed by atoms with Crippen molar-refractivity contribution >= 4 is 5.91 Å². The molecule has 0 aromatic heterocycles. The lowest BCUT2D eigenvalue weighted by Gasteiger charge is -2.25. The van der Waals surface area contributed by atoms with Crippen molar-refractivity contribution in [1.82, 2.24) is 10.2 Å². The van der Waals surface area contributed by atoms with E-state index in [0.29, 0.717) is 17.4 Å². The molecule has 3 unspecified atom stereocenters. The maximum absolute atomic E-state index is 12.4. The van der Waals surface area contributed by atoms with E-state index in [1.54, 1.807) is 0 Å². The van der Waals surface area contributed by atoms with Crippen LogP contribution < -0.4 is 5.32 Å². The van der Waals surface area contributed by atoms with E-state index in [2.05, 4.69) is 37.9 Å². The van der Waals surface area contributed by atoms with E-state index in [1.165, 1.54) is 6.42 Å². The molecule has 0 bridgehead atoms. The van der Waals surface area contributed by atoms with Crippen LogP contribution in [0, 0.1) is 5.41 Å². The van der Waals surface area contributed by atoms with E-state index in [0.717, 1.165) is 25.7 Å². The average molecular weight is 238 g/mol. The molecule has 1 amide bonds. The fraction of sp³-hybridized carbons (Fsp3) is 0.929. The number of hydrogen-bond acceptors (Lipinski definition) is 2. The molecule has 1 aliphatic carbocycles. The van der Waals surface area contributed by atoms with Gasteiger partial charge in [-0.25, -0.2) is 0 Å². The van der Waals surface area contributed by atoms with Gasteiger partial charge >= 0.3 is 0 Å². The van der Waals surface area contributed by atoms with Gasteiger partial charge in [0.15, 0.2) is 0 Å². The van der Waals surface area contributed by atoms with Gasteiger partial charge in [0, 0.05) is 6.04 Å². The van der Waals surface area contributed by atoms with Crippen LogP contribution in [-0.2, 0) is 4.79 Å². The molecule has 98 valence electrons. The van der Waals surface area contributed by atoms with Gasteiger partial charge in [-0.05, 0) is 24.7 Å². The minimum absolute atomic E-state index is 0.0768. The maximum atomic E-state index is 12.4. The van der Waals surface area contributed by atoms with Gasteiger partial charge in [0.25, 0.3) is 0 Å². The summed E-state index contributed by atoms with van der Waals surface area (Å²) in [5, 5.41) is 3.53. The Bertz CT molecular complexity index is 301. The quantitative estimate of drug-likeness (QED) is 0.798. The summed E-state index contributed by atoms with van der Waals surface area (Å²) < 4.78 is 0. The summed E-state index contributed by atoms with van der Waals surface area (Å²) in [6.45, 7) is 8.87. The van der Waals surface area contributed by atoms with Gasteiger partial charge in [-0.2, -0.15) is 0 Å². The number of rotatable bonds is 5. The average Bonchev–Trinajstić information content (AvgIpc) is 2.75. The van der Waals surface area contributed by atoms with Crippen LogP contribution in [0.5, 0.6) is 0 Å². The zero-order valence-corrected chi connectivity index (χ0v) is 11.6. The Balaban J connectivity index is 2.07. The zero-order chi connectivity index (χ0) is 12.6. The molecule has 1 heterocycles. The maximum Gasteiger partial charge on any atom is 0.241 e. The molecule has 1 saturated heterocycles. The fourth-order valence-electron chi connectivity index (χ4n) is 2.99. The predicted molar refractivity (Wildman–Crippen MR) is 69.6 cm³/mol. The van der Waals surface area contributed by atoms with Crippen LogP contribution >= 0.6 is 0 Å². The summed E-state index contributed by atoms with van der Waals surface area (Å²) in [4.78, 5) is 14.6. The Kier molecular flexibility index (Phi) is 3.48. The highest BCUT2D eigenvalue weighted by Gasteiger charge is 2.55. The van der Waals surface area contributed by atoms with E-state index in [9.17, 15) is 4.79 Å². The molecule has 1 saturated carbocycles. The molecule has 1 aliphatic heterocycles. The minimum Gasteiger partial charge on any atom is -0.322 e. The second-order valence-electron chi connectivity index (χ2n) is 6.27. The van der Waals surface area contributed by atoms with Crippen molar-refractivity contribution in [2.24, 2.45) is 5.41 Å². The van der Waals surface area contributed by atoms with Gasteiger partial charge in [0.2, 0.25) is 5.91 Å². The van der Waals surface area contributed by atoms with Crippen LogP contribution in [0.25, 0.3) is 0 Å². The van der Waals surface area contributed by atoms with Crippen molar-refractivity contribution in [3.63, 3.8) is 0 Å². The van der Waals surface area contributed by atoms with Crippen LogP contribution in [0.3, 0.4) is 0 Å². The smallest absolute Gasteiger partial charge is 0.241 e. The summed E-state index contributed by atoms with van der Waals surface area (Å²) in [7, 11) is 0. The minimum atomic E-state index is 0.0768. The van der Waals surface area contributed by atoms with Crippen molar-refractivity contribution in [1.29, 1.82) is 0 Å². The van der Waals surface area contributed by atoms with Crippen molar-refractivity contribution in [3.05, 3.63) is 0 Å². The van der Waals surface area contributed by atoms with Crippen molar-refractivity contribution in [2.45, 2.75) is 78.0 Å².